The van der Waals surface area contributed by atoms with E-state index in [1.54, 1.807) is 24.3 Å². The molecule has 0 saturated carbocycles. The van der Waals surface area contributed by atoms with E-state index in [0.29, 0.717) is 12.1 Å². The summed E-state index contributed by atoms with van der Waals surface area (Å²) in [5.41, 5.74) is 6.69. The summed E-state index contributed by atoms with van der Waals surface area (Å²) in [6, 6.07) is 6.60. The van der Waals surface area contributed by atoms with Crippen molar-refractivity contribution in [3.8, 4) is 0 Å². The molecule has 0 fully saturated rings. The third-order valence-electron chi connectivity index (χ3n) is 2.19. The number of aliphatic hydroxyl groups is 1. The molecule has 1 atom stereocenters. The van der Waals surface area contributed by atoms with E-state index in [0.717, 1.165) is 5.56 Å². The number of benzene rings is 1. The van der Waals surface area contributed by atoms with Crippen molar-refractivity contribution >= 4 is 11.9 Å². The average Bonchev–Trinajstić information content (AvgIpc) is 2.35. The quantitative estimate of drug-likeness (QED) is 0.543. The lowest BCUT2D eigenvalue weighted by Crippen LogP contribution is -2.36. The van der Waals surface area contributed by atoms with Crippen molar-refractivity contribution in [2.75, 3.05) is 6.54 Å². The van der Waals surface area contributed by atoms with Crippen molar-refractivity contribution in [3.05, 3.63) is 35.4 Å². The molecule has 0 unspecified atom stereocenters. The lowest BCUT2D eigenvalue weighted by atomic mass is 10.1. The number of aliphatic hydroxyl groups excluding tert-OH is 1. The maximum absolute atomic E-state index is 11.5. The summed E-state index contributed by atoms with van der Waals surface area (Å²) in [5.74, 6) is -1.81. The van der Waals surface area contributed by atoms with Gasteiger partial charge in [0.05, 0.1) is 6.54 Å². The highest BCUT2D eigenvalue weighted by molar-refractivity contribution is 5.94. The van der Waals surface area contributed by atoms with Crippen LogP contribution in [0.2, 0.25) is 0 Å². The average molecular weight is 238 g/mol. The van der Waals surface area contributed by atoms with Crippen molar-refractivity contribution in [2.24, 2.45) is 5.73 Å². The Morgan fingerprint density at radius 3 is 2.35 bits per heavy atom. The number of carbonyl (C=O) groups is 2. The Morgan fingerprint density at radius 1 is 1.29 bits per heavy atom. The fourth-order valence-corrected chi connectivity index (χ4v) is 1.17. The predicted molar refractivity (Wildman–Crippen MR) is 60.3 cm³/mol. The van der Waals surface area contributed by atoms with Gasteiger partial charge in [0, 0.05) is 12.1 Å². The predicted octanol–water partition coefficient (Wildman–Crippen LogP) is -0.679. The number of rotatable bonds is 5. The standard InChI is InChI=1S/C11H14N2O4/c12-5-7-1-3-8(4-2-7)10(15)13-6-9(14)11(16)17/h1-4,9,14H,5-6,12H2,(H,13,15)(H,16,17)/t9-/m0/s1. The number of nitrogens with two attached hydrogens (primary N) is 1. The summed E-state index contributed by atoms with van der Waals surface area (Å²) in [5, 5.41) is 19.7. The zero-order valence-corrected chi connectivity index (χ0v) is 9.09. The number of carboxylic acid groups (broad SMARTS) is 1. The summed E-state index contributed by atoms with van der Waals surface area (Å²) in [7, 11) is 0. The van der Waals surface area contributed by atoms with Gasteiger partial charge in [0.25, 0.3) is 5.91 Å². The number of amides is 1. The van der Waals surface area contributed by atoms with E-state index in [1.165, 1.54) is 0 Å². The first kappa shape index (κ1) is 13.1. The monoisotopic (exact) mass is 238 g/mol. The highest BCUT2D eigenvalue weighted by Gasteiger charge is 2.14. The highest BCUT2D eigenvalue weighted by atomic mass is 16.4. The molecule has 0 aromatic heterocycles. The Labute approximate surface area is 98.1 Å². The minimum Gasteiger partial charge on any atom is -0.479 e. The summed E-state index contributed by atoms with van der Waals surface area (Å²) < 4.78 is 0. The van der Waals surface area contributed by atoms with Gasteiger partial charge in [-0.3, -0.25) is 4.79 Å². The second-order valence-corrected chi connectivity index (χ2v) is 3.47. The van der Waals surface area contributed by atoms with E-state index >= 15 is 0 Å². The van der Waals surface area contributed by atoms with E-state index in [2.05, 4.69) is 5.32 Å². The van der Waals surface area contributed by atoms with Gasteiger partial charge >= 0.3 is 5.97 Å². The van der Waals surface area contributed by atoms with Crippen LogP contribution in [0.5, 0.6) is 0 Å². The normalized spacial score (nSPS) is 11.9. The molecule has 0 spiro atoms. The van der Waals surface area contributed by atoms with Gasteiger partial charge in [-0.15, -0.1) is 0 Å². The Kier molecular flexibility index (Phi) is 4.62. The van der Waals surface area contributed by atoms with E-state index in [1.807, 2.05) is 0 Å². The van der Waals surface area contributed by atoms with Crippen LogP contribution < -0.4 is 11.1 Å². The molecule has 6 heteroatoms. The van der Waals surface area contributed by atoms with Gasteiger partial charge in [0.2, 0.25) is 0 Å². The first-order valence-corrected chi connectivity index (χ1v) is 5.02. The minimum absolute atomic E-state index is 0.327. The molecule has 0 saturated heterocycles. The molecular weight excluding hydrogens is 224 g/mol. The summed E-state index contributed by atoms with van der Waals surface area (Å²) in [4.78, 5) is 21.8. The van der Waals surface area contributed by atoms with Crippen molar-refractivity contribution in [3.63, 3.8) is 0 Å². The lowest BCUT2D eigenvalue weighted by Gasteiger charge is -2.08. The number of nitrogens with one attached hydrogen (secondary N) is 1. The molecule has 6 nitrogen and oxygen atoms in total. The highest BCUT2D eigenvalue weighted by Crippen LogP contribution is 2.03. The third-order valence-corrected chi connectivity index (χ3v) is 2.19. The molecule has 1 amide bonds. The molecule has 0 aliphatic heterocycles. The van der Waals surface area contributed by atoms with Gasteiger partial charge in [-0.05, 0) is 17.7 Å². The SMILES string of the molecule is NCc1ccc(C(=O)NC[C@H](O)C(=O)O)cc1. The van der Waals surface area contributed by atoms with Crippen molar-refractivity contribution in [2.45, 2.75) is 12.6 Å². The number of aliphatic carboxylic acids is 1. The second kappa shape index (κ2) is 5.97. The first-order chi connectivity index (χ1) is 8.04. The lowest BCUT2D eigenvalue weighted by molar-refractivity contribution is -0.146. The van der Waals surface area contributed by atoms with E-state index in [4.69, 9.17) is 15.9 Å². The van der Waals surface area contributed by atoms with Crippen LogP contribution in [0.25, 0.3) is 0 Å². The van der Waals surface area contributed by atoms with Crippen LogP contribution in [-0.2, 0) is 11.3 Å². The van der Waals surface area contributed by atoms with Crippen molar-refractivity contribution < 1.29 is 19.8 Å². The van der Waals surface area contributed by atoms with Crippen LogP contribution in [0, 0.1) is 0 Å². The molecule has 5 N–H and O–H groups in total. The Morgan fingerprint density at radius 2 is 1.88 bits per heavy atom. The first-order valence-electron chi connectivity index (χ1n) is 5.02. The Balaban J connectivity index is 2.55. The van der Waals surface area contributed by atoms with Crippen LogP contribution in [-0.4, -0.2) is 34.7 Å². The van der Waals surface area contributed by atoms with E-state index in [-0.39, 0.29) is 6.54 Å². The molecule has 0 bridgehead atoms. The third kappa shape index (κ3) is 3.86. The zero-order valence-electron chi connectivity index (χ0n) is 9.09. The number of hydrogen-bond donors (Lipinski definition) is 4. The number of carboxylic acids is 1. The van der Waals surface area contributed by atoms with Gasteiger partial charge in [-0.2, -0.15) is 0 Å². The zero-order chi connectivity index (χ0) is 12.8. The molecule has 1 aromatic rings. The van der Waals surface area contributed by atoms with Gasteiger partial charge in [0.1, 0.15) is 0 Å². The molecule has 1 rings (SSSR count). The van der Waals surface area contributed by atoms with Crippen LogP contribution in [0.1, 0.15) is 15.9 Å². The fraction of sp³-hybridized carbons (Fsp3) is 0.273. The fourth-order valence-electron chi connectivity index (χ4n) is 1.17. The summed E-state index contributed by atoms with van der Waals surface area (Å²) in [6.07, 6.45) is -1.60. The molecule has 0 aliphatic rings. The van der Waals surface area contributed by atoms with Crippen LogP contribution in [0.4, 0.5) is 0 Å². The van der Waals surface area contributed by atoms with Gasteiger partial charge in [0.15, 0.2) is 6.10 Å². The maximum Gasteiger partial charge on any atom is 0.334 e. The van der Waals surface area contributed by atoms with Crippen molar-refractivity contribution in [1.82, 2.24) is 5.32 Å². The van der Waals surface area contributed by atoms with Crippen LogP contribution in [0.3, 0.4) is 0 Å². The van der Waals surface area contributed by atoms with Gasteiger partial charge in [-0.25, -0.2) is 4.79 Å². The van der Waals surface area contributed by atoms with Crippen LogP contribution in [0.15, 0.2) is 24.3 Å². The van der Waals surface area contributed by atoms with Gasteiger partial charge in [-0.1, -0.05) is 12.1 Å². The number of carbonyl (C=O) groups excluding carboxylic acids is 1. The summed E-state index contributed by atoms with van der Waals surface area (Å²) in [6.45, 7) is 0.0619. The molecule has 0 radical (unpaired) electrons. The molecule has 1 aromatic carbocycles. The smallest absolute Gasteiger partial charge is 0.334 e. The second-order valence-electron chi connectivity index (χ2n) is 3.47. The Hall–Kier alpha value is -1.92. The molecule has 0 aliphatic carbocycles. The molecular formula is C11H14N2O4. The summed E-state index contributed by atoms with van der Waals surface area (Å²) >= 11 is 0. The minimum atomic E-state index is -1.60. The maximum atomic E-state index is 11.5. The molecule has 92 valence electrons. The van der Waals surface area contributed by atoms with Gasteiger partial charge < -0.3 is 21.3 Å². The largest absolute Gasteiger partial charge is 0.479 e. The van der Waals surface area contributed by atoms with Crippen LogP contribution >= 0.6 is 0 Å². The topological polar surface area (TPSA) is 113 Å². The van der Waals surface area contributed by atoms with E-state index < -0.39 is 18.0 Å². The molecule has 17 heavy (non-hydrogen) atoms. The van der Waals surface area contributed by atoms with E-state index in [9.17, 15) is 9.59 Å². The molecule has 0 heterocycles. The Bertz CT molecular complexity index is 402. The number of hydrogen-bond acceptors (Lipinski definition) is 4. The van der Waals surface area contributed by atoms with Crippen molar-refractivity contribution in [1.29, 1.82) is 0 Å².